The fraction of sp³-hybridized carbons (Fsp3) is 0.0345. The summed E-state index contributed by atoms with van der Waals surface area (Å²) < 4.78 is 5.05. The van der Waals surface area contributed by atoms with E-state index >= 15 is 0 Å². The summed E-state index contributed by atoms with van der Waals surface area (Å²) in [5, 5.41) is 28.9. The van der Waals surface area contributed by atoms with Crippen LogP contribution in [0.25, 0.3) is 0 Å². The number of ketones is 4. The van der Waals surface area contributed by atoms with Gasteiger partial charge in [0.2, 0.25) is 0 Å². The molecule has 2 aliphatic carbocycles. The molecule has 0 atom stereocenters. The molecule has 0 radical (unpaired) electrons. The summed E-state index contributed by atoms with van der Waals surface area (Å²) in [5.74, 6) is -2.37. The summed E-state index contributed by atoms with van der Waals surface area (Å²) in [7, 11) is 1.35. The van der Waals surface area contributed by atoms with Crippen molar-refractivity contribution < 1.29 is 56.3 Å². The van der Waals surface area contributed by atoms with Gasteiger partial charge in [0.15, 0.2) is 46.1 Å². The third-order valence-corrected chi connectivity index (χ3v) is 6.27. The number of hydrogen-bond donors (Lipinski definition) is 3. The van der Waals surface area contributed by atoms with E-state index in [9.17, 15) is 34.5 Å². The normalized spacial score (nSPS) is 12.7. The number of ether oxygens (including phenoxy) is 1. The van der Waals surface area contributed by atoms with Crippen molar-refractivity contribution in [3.05, 3.63) is 117 Å². The molecule has 8 nitrogen and oxygen atoms in total. The largest absolute Gasteiger partial charge is 0.504 e. The van der Waals surface area contributed by atoms with Crippen molar-refractivity contribution >= 4 is 23.1 Å². The van der Waals surface area contributed by atoms with E-state index in [0.717, 1.165) is 0 Å². The van der Waals surface area contributed by atoms with Gasteiger partial charge in [-0.1, -0.05) is 48.5 Å². The van der Waals surface area contributed by atoms with Crippen LogP contribution in [0.2, 0.25) is 0 Å². The van der Waals surface area contributed by atoms with Crippen LogP contribution in [0.3, 0.4) is 0 Å². The molecule has 3 N–H and O–H groups in total. The molecule has 0 saturated carbocycles. The zero-order chi connectivity index (χ0) is 26.4. The number of fused-ring (bicyclic) bond motifs is 4. The van der Waals surface area contributed by atoms with Gasteiger partial charge in [-0.3, -0.25) is 19.2 Å². The Morgan fingerprint density at radius 2 is 0.895 bits per heavy atom. The van der Waals surface area contributed by atoms with Crippen LogP contribution in [0.4, 0.5) is 0 Å². The van der Waals surface area contributed by atoms with Crippen molar-refractivity contribution in [3.8, 4) is 23.0 Å². The molecular weight excluding hydrogens is 532 g/mol. The third kappa shape index (κ3) is 3.94. The molecule has 0 heterocycles. The number of carbonyl (C=O) groups excluding carboxylic acids is 4. The third-order valence-electron chi connectivity index (χ3n) is 6.27. The zero-order valence-corrected chi connectivity index (χ0v) is 20.8. The van der Waals surface area contributed by atoms with E-state index in [1.54, 1.807) is 42.5 Å². The van der Waals surface area contributed by atoms with Crippen molar-refractivity contribution in [2.75, 3.05) is 7.11 Å². The Kier molecular flexibility index (Phi) is 6.91. The van der Waals surface area contributed by atoms with Gasteiger partial charge in [-0.05, 0) is 24.3 Å². The van der Waals surface area contributed by atoms with Crippen molar-refractivity contribution in [2.45, 2.75) is 0 Å². The SMILES string of the molecule is COc1c(O)ccc2c1C(=O)c1ccccc1C2=O.O=C1c2ccccc2C(=O)c2c1ccc(O)c2O.[Fe]. The van der Waals surface area contributed by atoms with E-state index in [1.165, 1.54) is 37.4 Å². The van der Waals surface area contributed by atoms with Gasteiger partial charge in [0.1, 0.15) is 0 Å². The molecule has 0 saturated heterocycles. The summed E-state index contributed by atoms with van der Waals surface area (Å²) in [5.41, 5.74) is 1.67. The summed E-state index contributed by atoms with van der Waals surface area (Å²) in [6.07, 6.45) is 0. The number of aromatic hydroxyl groups is 3. The molecule has 4 aromatic carbocycles. The van der Waals surface area contributed by atoms with Gasteiger partial charge in [0.25, 0.3) is 0 Å². The Morgan fingerprint density at radius 3 is 1.37 bits per heavy atom. The van der Waals surface area contributed by atoms with Crippen LogP contribution in [0.15, 0.2) is 72.8 Å². The summed E-state index contributed by atoms with van der Waals surface area (Å²) in [6, 6.07) is 18.4. The van der Waals surface area contributed by atoms with Crippen molar-refractivity contribution in [3.63, 3.8) is 0 Å². The van der Waals surface area contributed by atoms with Gasteiger partial charge in [-0.2, -0.15) is 0 Å². The first-order chi connectivity index (χ1) is 17.8. The predicted molar refractivity (Wildman–Crippen MR) is 131 cm³/mol. The van der Waals surface area contributed by atoms with Gasteiger partial charge >= 0.3 is 0 Å². The Hall–Kier alpha value is -4.72. The van der Waals surface area contributed by atoms with Crippen LogP contribution in [0.1, 0.15) is 63.7 Å². The van der Waals surface area contributed by atoms with E-state index in [-0.39, 0.29) is 73.7 Å². The molecule has 0 unspecified atom stereocenters. The first-order valence-electron chi connectivity index (χ1n) is 11.1. The zero-order valence-electron chi connectivity index (χ0n) is 19.7. The second-order valence-electron chi connectivity index (χ2n) is 8.30. The van der Waals surface area contributed by atoms with Crippen LogP contribution in [0, 0.1) is 0 Å². The molecule has 6 rings (SSSR count). The molecule has 0 aliphatic heterocycles. The van der Waals surface area contributed by atoms with Gasteiger partial charge in [0.05, 0.1) is 18.2 Å². The van der Waals surface area contributed by atoms with Crippen LogP contribution < -0.4 is 4.74 Å². The molecule has 0 aromatic heterocycles. The smallest absolute Gasteiger partial charge is 0.198 e. The molecule has 190 valence electrons. The first kappa shape index (κ1) is 26.3. The minimum Gasteiger partial charge on any atom is -0.504 e. The number of rotatable bonds is 1. The Balaban J connectivity index is 0.000000173. The molecular formula is C29H18FeO8. The summed E-state index contributed by atoms with van der Waals surface area (Å²) >= 11 is 0. The quantitative estimate of drug-likeness (QED) is 0.206. The van der Waals surface area contributed by atoms with Crippen LogP contribution in [0.5, 0.6) is 23.0 Å². The Bertz CT molecular complexity index is 1670. The predicted octanol–water partition coefficient (Wildman–Crippen LogP) is 4.05. The van der Waals surface area contributed by atoms with Crippen LogP contribution in [-0.2, 0) is 17.1 Å². The maximum absolute atomic E-state index is 12.4. The molecule has 0 spiro atoms. The van der Waals surface area contributed by atoms with Gasteiger partial charge < -0.3 is 20.1 Å². The molecule has 0 bridgehead atoms. The topological polar surface area (TPSA) is 138 Å². The minimum atomic E-state index is -0.541. The average molecular weight is 550 g/mol. The van der Waals surface area contributed by atoms with E-state index < -0.39 is 17.3 Å². The van der Waals surface area contributed by atoms with Crippen molar-refractivity contribution in [2.24, 2.45) is 0 Å². The minimum absolute atomic E-state index is 0. The van der Waals surface area contributed by atoms with Crippen LogP contribution in [-0.4, -0.2) is 45.6 Å². The second kappa shape index (κ2) is 9.97. The van der Waals surface area contributed by atoms with Crippen molar-refractivity contribution in [1.29, 1.82) is 0 Å². The van der Waals surface area contributed by atoms with Gasteiger partial charge in [-0.25, -0.2) is 0 Å². The number of phenolic OH excluding ortho intramolecular Hbond substituents is 3. The van der Waals surface area contributed by atoms with Gasteiger partial charge in [-0.15, -0.1) is 0 Å². The average Bonchev–Trinajstić information content (AvgIpc) is 2.92. The Morgan fingerprint density at radius 1 is 0.500 bits per heavy atom. The first-order valence-corrected chi connectivity index (χ1v) is 11.1. The number of carbonyl (C=O) groups is 4. The molecule has 4 aromatic rings. The van der Waals surface area contributed by atoms with E-state index in [2.05, 4.69) is 0 Å². The van der Waals surface area contributed by atoms with E-state index in [0.29, 0.717) is 16.7 Å². The molecule has 0 fully saturated rings. The summed E-state index contributed by atoms with van der Waals surface area (Å²) in [4.78, 5) is 49.2. The van der Waals surface area contributed by atoms with E-state index in [1.807, 2.05) is 0 Å². The molecule has 9 heteroatoms. The number of phenols is 3. The molecule has 38 heavy (non-hydrogen) atoms. The monoisotopic (exact) mass is 550 g/mol. The molecule has 2 aliphatic rings. The second-order valence-corrected chi connectivity index (χ2v) is 8.30. The number of benzene rings is 4. The summed E-state index contributed by atoms with van der Waals surface area (Å²) in [6.45, 7) is 0. The Labute approximate surface area is 226 Å². The van der Waals surface area contributed by atoms with E-state index in [4.69, 9.17) is 4.74 Å². The number of methoxy groups -OCH3 is 1. The standard InChI is InChI=1S/C15H10O4.C14H8O4.Fe/c1-19-15-11(16)7-6-10-12(15)14(18)9-5-3-2-4-8(9)13(10)17;15-10-6-5-9-11(14(10)18)13(17)8-4-2-1-3-7(8)12(9)16;/h2-7,16H,1H3;1-6,15,18H;. The van der Waals surface area contributed by atoms with Crippen LogP contribution >= 0.6 is 0 Å². The van der Waals surface area contributed by atoms with Crippen molar-refractivity contribution in [1.82, 2.24) is 0 Å². The fourth-order valence-corrected chi connectivity index (χ4v) is 4.51. The maximum atomic E-state index is 12.4. The molecule has 0 amide bonds. The number of hydrogen-bond acceptors (Lipinski definition) is 8. The van der Waals surface area contributed by atoms with Gasteiger partial charge in [0, 0.05) is 50.4 Å². The maximum Gasteiger partial charge on any atom is 0.198 e. The fourth-order valence-electron chi connectivity index (χ4n) is 4.51.